The van der Waals surface area contributed by atoms with Gasteiger partial charge < -0.3 is 15.4 Å². The molecule has 1 aliphatic carbocycles. The maximum absolute atomic E-state index is 12.5. The number of halogens is 1. The van der Waals surface area contributed by atoms with Crippen LogP contribution in [0.4, 0.5) is 0 Å². The smallest absolute Gasteiger partial charge is 0.223 e. The van der Waals surface area contributed by atoms with E-state index in [1.807, 2.05) is 0 Å². The molecule has 0 bridgehead atoms. The van der Waals surface area contributed by atoms with E-state index < -0.39 is 15.8 Å². The Morgan fingerprint density at radius 2 is 1.71 bits per heavy atom. The minimum Gasteiger partial charge on any atom is -0.497 e. The van der Waals surface area contributed by atoms with Gasteiger partial charge in [-0.25, -0.2) is 8.42 Å². The van der Waals surface area contributed by atoms with Crippen molar-refractivity contribution in [3.05, 3.63) is 24.3 Å². The molecule has 0 radical (unpaired) electrons. The van der Waals surface area contributed by atoms with Crippen molar-refractivity contribution in [2.75, 3.05) is 26.0 Å². The fourth-order valence-corrected chi connectivity index (χ4v) is 4.96. The first kappa shape index (κ1) is 24.7. The van der Waals surface area contributed by atoms with Crippen LogP contribution >= 0.6 is 12.4 Å². The number of methoxy groups -OCH3 is 1. The highest BCUT2D eigenvalue weighted by Crippen LogP contribution is 2.19. The second-order valence-electron chi connectivity index (χ2n) is 7.29. The zero-order valence-electron chi connectivity index (χ0n) is 16.8. The molecule has 1 fully saturated rings. The third-order valence-corrected chi connectivity index (χ3v) is 6.98. The van der Waals surface area contributed by atoms with Crippen molar-refractivity contribution in [1.29, 1.82) is 0 Å². The molecule has 2 rings (SSSR count). The van der Waals surface area contributed by atoms with E-state index in [1.165, 1.54) is 57.8 Å². The number of amides is 1. The SMILES string of the molecule is COc1ccc(S(=O)(=O)CC(C)C(=O)NCCNC2CCCCCC2)cc1.Cl. The van der Waals surface area contributed by atoms with Crippen LogP contribution in [0.1, 0.15) is 45.4 Å². The van der Waals surface area contributed by atoms with E-state index in [0.29, 0.717) is 24.9 Å². The Morgan fingerprint density at radius 1 is 1.11 bits per heavy atom. The summed E-state index contributed by atoms with van der Waals surface area (Å²) in [4.78, 5) is 12.4. The summed E-state index contributed by atoms with van der Waals surface area (Å²) in [5, 5.41) is 6.34. The maximum Gasteiger partial charge on any atom is 0.223 e. The number of hydrogen-bond acceptors (Lipinski definition) is 5. The molecule has 1 atom stereocenters. The molecule has 1 saturated carbocycles. The van der Waals surface area contributed by atoms with Crippen LogP contribution in [0, 0.1) is 5.92 Å². The van der Waals surface area contributed by atoms with Gasteiger partial charge in [0.15, 0.2) is 9.84 Å². The normalized spacial score (nSPS) is 16.5. The van der Waals surface area contributed by atoms with Crippen LogP contribution < -0.4 is 15.4 Å². The molecule has 2 N–H and O–H groups in total. The molecule has 1 aromatic carbocycles. The number of sulfone groups is 1. The van der Waals surface area contributed by atoms with Crippen molar-refractivity contribution in [2.45, 2.75) is 56.4 Å². The summed E-state index contributed by atoms with van der Waals surface area (Å²) in [6.07, 6.45) is 7.56. The summed E-state index contributed by atoms with van der Waals surface area (Å²) in [6.45, 7) is 2.88. The van der Waals surface area contributed by atoms with Crippen molar-refractivity contribution in [3.63, 3.8) is 0 Å². The number of hydrogen-bond donors (Lipinski definition) is 2. The van der Waals surface area contributed by atoms with Gasteiger partial charge in [-0.3, -0.25) is 4.79 Å². The van der Waals surface area contributed by atoms with Gasteiger partial charge in [-0.1, -0.05) is 32.6 Å². The first-order chi connectivity index (χ1) is 12.9. The summed E-state index contributed by atoms with van der Waals surface area (Å²) in [5.41, 5.74) is 0. The van der Waals surface area contributed by atoms with Crippen molar-refractivity contribution in [1.82, 2.24) is 10.6 Å². The van der Waals surface area contributed by atoms with Crippen molar-refractivity contribution < 1.29 is 17.9 Å². The molecule has 1 unspecified atom stereocenters. The highest BCUT2D eigenvalue weighted by Gasteiger charge is 2.23. The van der Waals surface area contributed by atoms with Gasteiger partial charge in [-0.2, -0.15) is 0 Å². The highest BCUT2D eigenvalue weighted by molar-refractivity contribution is 7.91. The molecule has 1 aromatic rings. The number of rotatable bonds is 9. The molecule has 0 saturated heterocycles. The lowest BCUT2D eigenvalue weighted by Crippen LogP contribution is -2.39. The summed E-state index contributed by atoms with van der Waals surface area (Å²) >= 11 is 0. The zero-order valence-corrected chi connectivity index (χ0v) is 18.4. The van der Waals surface area contributed by atoms with Crippen LogP contribution in [-0.4, -0.2) is 46.3 Å². The minimum atomic E-state index is -3.51. The molecule has 0 aliphatic heterocycles. The summed E-state index contributed by atoms with van der Waals surface area (Å²) in [6, 6.07) is 6.77. The van der Waals surface area contributed by atoms with Gasteiger partial charge in [0.25, 0.3) is 0 Å². The van der Waals surface area contributed by atoms with Crippen LogP contribution in [0.3, 0.4) is 0 Å². The lowest BCUT2D eigenvalue weighted by atomic mass is 10.1. The fraction of sp³-hybridized carbons (Fsp3) is 0.650. The Kier molecular flexibility index (Phi) is 10.9. The molecular weight excluding hydrogens is 400 g/mol. The van der Waals surface area contributed by atoms with E-state index >= 15 is 0 Å². The number of benzene rings is 1. The second-order valence-corrected chi connectivity index (χ2v) is 9.33. The van der Waals surface area contributed by atoms with Gasteiger partial charge in [-0.15, -0.1) is 12.4 Å². The van der Waals surface area contributed by atoms with Crippen LogP contribution in [0.25, 0.3) is 0 Å². The number of carbonyl (C=O) groups excluding carboxylic acids is 1. The molecule has 0 aromatic heterocycles. The van der Waals surface area contributed by atoms with Gasteiger partial charge in [0.1, 0.15) is 5.75 Å². The van der Waals surface area contributed by atoms with E-state index in [4.69, 9.17) is 4.74 Å². The van der Waals surface area contributed by atoms with Gasteiger partial charge >= 0.3 is 0 Å². The Labute approximate surface area is 175 Å². The molecular formula is C20H33ClN2O4S. The van der Waals surface area contributed by atoms with Crippen LogP contribution in [0.5, 0.6) is 5.75 Å². The Balaban J connectivity index is 0.00000392. The summed E-state index contributed by atoms with van der Waals surface area (Å²) in [7, 11) is -1.98. The first-order valence-electron chi connectivity index (χ1n) is 9.80. The van der Waals surface area contributed by atoms with E-state index in [0.717, 1.165) is 0 Å². The topological polar surface area (TPSA) is 84.5 Å². The van der Waals surface area contributed by atoms with Crippen molar-refractivity contribution in [3.8, 4) is 5.75 Å². The van der Waals surface area contributed by atoms with Crippen LogP contribution in [0.2, 0.25) is 0 Å². The van der Waals surface area contributed by atoms with E-state index in [9.17, 15) is 13.2 Å². The average molecular weight is 433 g/mol. The maximum atomic E-state index is 12.5. The Morgan fingerprint density at radius 3 is 2.29 bits per heavy atom. The number of nitrogens with one attached hydrogen (secondary N) is 2. The summed E-state index contributed by atoms with van der Waals surface area (Å²) < 4.78 is 30.0. The van der Waals surface area contributed by atoms with E-state index in [-0.39, 0.29) is 29.0 Å². The summed E-state index contributed by atoms with van der Waals surface area (Å²) in [5.74, 6) is -0.438. The predicted octanol–water partition coefficient (Wildman–Crippen LogP) is 2.96. The molecule has 0 spiro atoms. The Hall–Kier alpha value is -1.31. The lowest BCUT2D eigenvalue weighted by molar-refractivity contribution is -0.123. The number of carbonyl (C=O) groups is 1. The van der Waals surface area contributed by atoms with Crippen molar-refractivity contribution in [2.24, 2.45) is 5.92 Å². The zero-order chi connectivity index (χ0) is 19.7. The van der Waals surface area contributed by atoms with Gasteiger partial charge in [0.2, 0.25) is 5.91 Å². The molecule has 28 heavy (non-hydrogen) atoms. The average Bonchev–Trinajstić information content (AvgIpc) is 2.93. The quantitative estimate of drug-likeness (QED) is 0.463. The Bertz CT molecular complexity index is 687. The molecule has 1 aliphatic rings. The van der Waals surface area contributed by atoms with E-state index in [2.05, 4.69) is 10.6 Å². The molecule has 0 heterocycles. The monoisotopic (exact) mass is 432 g/mol. The van der Waals surface area contributed by atoms with E-state index in [1.54, 1.807) is 19.1 Å². The highest BCUT2D eigenvalue weighted by atomic mass is 35.5. The van der Waals surface area contributed by atoms with Crippen LogP contribution in [0.15, 0.2) is 29.2 Å². The third-order valence-electron chi connectivity index (χ3n) is 5.05. The second kappa shape index (κ2) is 12.3. The third kappa shape index (κ3) is 7.97. The standard InChI is InChI=1S/C20H32N2O4S.ClH/c1-16(15-27(24,25)19-11-9-18(26-2)10-12-19)20(23)22-14-13-21-17-7-5-3-4-6-8-17;/h9-12,16-17,21H,3-8,13-15H2,1-2H3,(H,22,23);1H. The molecule has 1 amide bonds. The lowest BCUT2D eigenvalue weighted by Gasteiger charge is -2.17. The predicted molar refractivity (Wildman–Crippen MR) is 114 cm³/mol. The van der Waals surface area contributed by atoms with Gasteiger partial charge in [-0.05, 0) is 37.1 Å². The van der Waals surface area contributed by atoms with Gasteiger partial charge in [0.05, 0.1) is 17.8 Å². The first-order valence-corrected chi connectivity index (χ1v) is 11.5. The van der Waals surface area contributed by atoms with Crippen molar-refractivity contribution >= 4 is 28.2 Å². The number of ether oxygens (including phenoxy) is 1. The van der Waals surface area contributed by atoms with Gasteiger partial charge in [0, 0.05) is 25.0 Å². The molecule has 8 heteroatoms. The fourth-order valence-electron chi connectivity index (χ4n) is 3.40. The van der Waals surface area contributed by atoms with Crippen LogP contribution in [-0.2, 0) is 14.6 Å². The largest absolute Gasteiger partial charge is 0.497 e. The molecule has 6 nitrogen and oxygen atoms in total. The molecule has 160 valence electrons. The minimum absolute atomic E-state index is 0.